The van der Waals surface area contributed by atoms with Gasteiger partial charge in [-0.05, 0) is 56.3 Å². The quantitative estimate of drug-likeness (QED) is 0.115. The molecule has 0 spiro atoms. The van der Waals surface area contributed by atoms with Gasteiger partial charge in [0.2, 0.25) is 0 Å². The van der Waals surface area contributed by atoms with Crippen molar-refractivity contribution in [1.29, 1.82) is 0 Å². The molecule has 1 aliphatic rings. The number of hydrogen-bond acceptors (Lipinski definition) is 0. The Labute approximate surface area is 413 Å². The molecule has 0 fully saturated rings. The Hall–Kier alpha value is -5.34. The molecule has 10 aromatic rings. The first-order chi connectivity index (χ1) is 32.2. The average Bonchev–Trinajstić information content (AvgIpc) is 4.05. The predicted molar refractivity (Wildman–Crippen MR) is 286 cm³/mol. The van der Waals surface area contributed by atoms with Crippen LogP contribution in [-0.4, -0.2) is 9.52 Å². The van der Waals surface area contributed by atoms with E-state index in [1.807, 2.05) is 6.07 Å². The third-order valence-electron chi connectivity index (χ3n) is 12.3. The zero-order chi connectivity index (χ0) is 46.2. The topological polar surface area (TPSA) is 0 Å². The standard InChI is InChI=1S/2C25H23.C12H7Si.2ClH.Zr/c2*1-17(2)21-11-7-8-12-23(21)25-22(19-9-5-4-6-10-19)14-13-20-15-18(3)16-24(20)25;1-3-7-11-9(5-1)10-6-2-4-8-12(10)13-11;;;/h2*4-17H,1-3H3;1-7H;2*1H;/q3*-1;;;+2/p-2. The van der Waals surface area contributed by atoms with Gasteiger partial charge in [0.05, 0.1) is 9.52 Å². The molecule has 11 rings (SSSR count). The fraction of sp³-hybridized carbons (Fsp3) is 0.129. The van der Waals surface area contributed by atoms with Crippen LogP contribution in [0.4, 0.5) is 0 Å². The van der Waals surface area contributed by atoms with Crippen LogP contribution < -0.4 is 10.4 Å². The van der Waals surface area contributed by atoms with E-state index in [0.717, 1.165) is 9.52 Å². The zero-order valence-electron chi connectivity index (χ0n) is 38.5. The van der Waals surface area contributed by atoms with Crippen LogP contribution in [-0.2, 0) is 20.8 Å². The van der Waals surface area contributed by atoms with Gasteiger partial charge in [0.25, 0.3) is 0 Å². The Morgan fingerprint density at radius 2 is 0.864 bits per heavy atom. The molecule has 0 amide bonds. The summed E-state index contributed by atoms with van der Waals surface area (Å²) in [5.74, 6) is 0.984. The second-order valence-corrected chi connectivity index (χ2v) is 22.5. The molecule has 0 saturated carbocycles. The predicted octanol–water partition coefficient (Wildman–Crippen LogP) is 17.1. The van der Waals surface area contributed by atoms with Crippen molar-refractivity contribution in [3.8, 4) is 55.6 Å². The summed E-state index contributed by atoms with van der Waals surface area (Å²) >= 11 is -0.826. The maximum absolute atomic E-state index is 4.93. The number of aryl methyl sites for hydroxylation is 2. The number of halogens is 2. The van der Waals surface area contributed by atoms with Crippen LogP contribution in [0.1, 0.15) is 61.8 Å². The summed E-state index contributed by atoms with van der Waals surface area (Å²) < 4.78 is 0. The molecule has 4 heteroatoms. The van der Waals surface area contributed by atoms with Gasteiger partial charge in [0, 0.05) is 0 Å². The van der Waals surface area contributed by atoms with Crippen LogP contribution in [0.3, 0.4) is 0 Å². The van der Waals surface area contributed by atoms with Gasteiger partial charge in [0.15, 0.2) is 0 Å². The molecule has 66 heavy (non-hydrogen) atoms. The van der Waals surface area contributed by atoms with Gasteiger partial charge in [-0.2, -0.15) is 41.6 Å². The molecular formula is C62H53Cl2SiZr-3. The molecule has 1 heterocycles. The van der Waals surface area contributed by atoms with Crippen molar-refractivity contribution in [2.24, 2.45) is 0 Å². The number of hydrogen-bond donors (Lipinski definition) is 0. The van der Waals surface area contributed by atoms with Gasteiger partial charge >= 0.3 is 37.9 Å². The SMILES string of the molecule is Cc1cc2c(-c3ccccc3C(C)C)c(-c3ccccc3)ccc2[cH-]1.Cc1cc2c(-c3ccccc3C(C)C)c(-c3ccccc3)ccc2[cH-]1.[Cl][Zr][Cl].[c-]1cccc2c1[Si]c1ccccc1-2. The molecule has 0 bridgehead atoms. The van der Waals surface area contributed by atoms with E-state index in [0.29, 0.717) is 11.8 Å². The van der Waals surface area contributed by atoms with Crippen molar-refractivity contribution >= 4 is 58.5 Å². The second-order valence-electron chi connectivity index (χ2n) is 17.5. The third-order valence-corrected chi connectivity index (χ3v) is 13.6. The molecule has 326 valence electrons. The van der Waals surface area contributed by atoms with Crippen molar-refractivity contribution in [2.75, 3.05) is 0 Å². The van der Waals surface area contributed by atoms with Crippen LogP contribution in [0.25, 0.3) is 77.2 Å². The summed E-state index contributed by atoms with van der Waals surface area (Å²) in [6.07, 6.45) is 0. The zero-order valence-corrected chi connectivity index (χ0v) is 43.4. The maximum Gasteiger partial charge on any atom is 0.0920 e. The molecule has 0 aliphatic carbocycles. The molecule has 0 saturated heterocycles. The normalized spacial score (nSPS) is 11.2. The molecule has 2 radical (unpaired) electrons. The summed E-state index contributed by atoms with van der Waals surface area (Å²) in [5, 5.41) is 8.18. The minimum absolute atomic E-state index is 0.492. The van der Waals surface area contributed by atoms with E-state index < -0.39 is 20.8 Å². The van der Waals surface area contributed by atoms with E-state index in [1.165, 1.54) is 110 Å². The van der Waals surface area contributed by atoms with E-state index in [-0.39, 0.29) is 0 Å². The smallest absolute Gasteiger partial charge is 0.0920 e. The fourth-order valence-corrected chi connectivity index (χ4v) is 10.7. The van der Waals surface area contributed by atoms with Crippen molar-refractivity contribution < 1.29 is 20.8 Å². The van der Waals surface area contributed by atoms with E-state index in [2.05, 4.69) is 242 Å². The van der Waals surface area contributed by atoms with Gasteiger partial charge in [-0.1, -0.05) is 209 Å². The van der Waals surface area contributed by atoms with Crippen molar-refractivity contribution in [3.05, 3.63) is 229 Å². The van der Waals surface area contributed by atoms with Gasteiger partial charge < -0.3 is 0 Å². The van der Waals surface area contributed by atoms with Crippen LogP contribution in [0, 0.1) is 19.9 Å². The largest absolute Gasteiger partial charge is 0.184 e. The van der Waals surface area contributed by atoms with E-state index in [9.17, 15) is 0 Å². The second kappa shape index (κ2) is 22.0. The Morgan fingerprint density at radius 1 is 0.455 bits per heavy atom. The first-order valence-corrected chi connectivity index (χ1v) is 30.0. The van der Waals surface area contributed by atoms with Crippen LogP contribution >= 0.6 is 17.0 Å². The third kappa shape index (κ3) is 10.4. The first-order valence-electron chi connectivity index (χ1n) is 22.7. The van der Waals surface area contributed by atoms with Gasteiger partial charge in [-0.15, -0.1) is 62.5 Å². The summed E-state index contributed by atoms with van der Waals surface area (Å²) in [5.41, 5.74) is 18.8. The van der Waals surface area contributed by atoms with Gasteiger partial charge in [-0.25, -0.2) is 0 Å². The summed E-state index contributed by atoms with van der Waals surface area (Å²) in [6.45, 7) is 13.5. The minimum Gasteiger partial charge on any atom is -0.184 e. The molecular weight excluding hydrogens is 935 g/mol. The first kappa shape index (κ1) is 47.2. The monoisotopic (exact) mass is 985 g/mol. The molecule has 0 N–H and O–H groups in total. The van der Waals surface area contributed by atoms with E-state index in [1.54, 1.807) is 0 Å². The summed E-state index contributed by atoms with van der Waals surface area (Å²) in [6, 6.07) is 75.6. The minimum atomic E-state index is -0.826. The summed E-state index contributed by atoms with van der Waals surface area (Å²) in [4.78, 5) is 0. The molecule has 1 aliphatic heterocycles. The average molecular weight is 988 g/mol. The molecule has 0 atom stereocenters. The van der Waals surface area contributed by atoms with Gasteiger partial charge in [-0.3, -0.25) is 0 Å². The van der Waals surface area contributed by atoms with Crippen molar-refractivity contribution in [3.63, 3.8) is 0 Å². The Kier molecular flexibility index (Phi) is 15.7. The Balaban J connectivity index is 0.000000136. The van der Waals surface area contributed by atoms with Gasteiger partial charge in [0.1, 0.15) is 0 Å². The molecule has 0 aromatic heterocycles. The molecule has 0 nitrogen and oxygen atoms in total. The number of fused-ring (bicyclic) bond motifs is 5. The Morgan fingerprint density at radius 3 is 1.33 bits per heavy atom. The fourth-order valence-electron chi connectivity index (χ4n) is 9.34. The summed E-state index contributed by atoms with van der Waals surface area (Å²) in [7, 11) is 10.7. The van der Waals surface area contributed by atoms with E-state index in [4.69, 9.17) is 17.0 Å². The Bertz CT molecular complexity index is 2980. The number of benzene rings is 8. The van der Waals surface area contributed by atoms with Crippen LogP contribution in [0.5, 0.6) is 0 Å². The molecule has 10 aromatic carbocycles. The number of rotatable bonds is 6. The van der Waals surface area contributed by atoms with E-state index >= 15 is 0 Å². The van der Waals surface area contributed by atoms with Crippen molar-refractivity contribution in [1.82, 2.24) is 0 Å². The van der Waals surface area contributed by atoms with Crippen LogP contribution in [0.2, 0.25) is 0 Å². The molecule has 0 unspecified atom stereocenters. The maximum atomic E-state index is 4.93. The van der Waals surface area contributed by atoms with Crippen molar-refractivity contribution in [2.45, 2.75) is 53.4 Å². The van der Waals surface area contributed by atoms with Crippen LogP contribution in [0.15, 0.2) is 200 Å².